The SMILES string of the molecule is ClCc1cccc(-c2cccc(CCl)n2)n1. The van der Waals surface area contributed by atoms with Gasteiger partial charge in [-0.2, -0.15) is 0 Å². The molecule has 2 rings (SSSR count). The van der Waals surface area contributed by atoms with Gasteiger partial charge in [-0.25, -0.2) is 9.97 Å². The highest BCUT2D eigenvalue weighted by molar-refractivity contribution is 6.17. The van der Waals surface area contributed by atoms with Crippen LogP contribution in [0.3, 0.4) is 0 Å². The van der Waals surface area contributed by atoms with Gasteiger partial charge < -0.3 is 0 Å². The molecule has 0 radical (unpaired) electrons. The fraction of sp³-hybridized carbons (Fsp3) is 0.167. The van der Waals surface area contributed by atoms with E-state index in [0.29, 0.717) is 11.8 Å². The molecule has 2 nitrogen and oxygen atoms in total. The van der Waals surface area contributed by atoms with Crippen molar-refractivity contribution in [2.75, 3.05) is 0 Å². The summed E-state index contributed by atoms with van der Waals surface area (Å²) in [5.41, 5.74) is 3.34. The molecule has 0 atom stereocenters. The highest BCUT2D eigenvalue weighted by Gasteiger charge is 2.02. The van der Waals surface area contributed by atoms with Crippen LogP contribution in [0.4, 0.5) is 0 Å². The van der Waals surface area contributed by atoms with E-state index in [1.807, 2.05) is 36.4 Å². The largest absolute Gasteiger partial charge is 0.250 e. The Morgan fingerprint density at radius 2 is 1.19 bits per heavy atom. The van der Waals surface area contributed by atoms with Crippen LogP contribution in [-0.4, -0.2) is 9.97 Å². The fourth-order valence-corrected chi connectivity index (χ4v) is 1.69. The zero-order chi connectivity index (χ0) is 11.4. The van der Waals surface area contributed by atoms with Crippen molar-refractivity contribution in [3.05, 3.63) is 47.8 Å². The summed E-state index contributed by atoms with van der Waals surface area (Å²) >= 11 is 11.5. The Morgan fingerprint density at radius 3 is 1.56 bits per heavy atom. The molecule has 0 aliphatic rings. The lowest BCUT2D eigenvalue weighted by atomic mass is 10.2. The van der Waals surface area contributed by atoms with Crippen molar-refractivity contribution in [3.8, 4) is 11.4 Å². The topological polar surface area (TPSA) is 25.8 Å². The molecule has 0 aliphatic carbocycles. The third-order valence-electron chi connectivity index (χ3n) is 2.15. The molecule has 0 fully saturated rings. The number of pyridine rings is 2. The van der Waals surface area contributed by atoms with Gasteiger partial charge in [-0.3, -0.25) is 0 Å². The highest BCUT2D eigenvalue weighted by atomic mass is 35.5. The second kappa shape index (κ2) is 5.28. The van der Waals surface area contributed by atoms with E-state index in [-0.39, 0.29) is 0 Å². The molecular formula is C12H10Cl2N2. The third-order valence-corrected chi connectivity index (χ3v) is 2.70. The lowest BCUT2D eigenvalue weighted by Gasteiger charge is -2.03. The molecule has 0 aromatic carbocycles. The Bertz CT molecular complexity index is 440. The number of hydrogen-bond donors (Lipinski definition) is 0. The first-order valence-corrected chi connectivity index (χ1v) is 5.94. The summed E-state index contributed by atoms with van der Waals surface area (Å²) in [6, 6.07) is 11.5. The van der Waals surface area contributed by atoms with Crippen LogP contribution < -0.4 is 0 Å². The lowest BCUT2D eigenvalue weighted by Crippen LogP contribution is -1.93. The molecule has 0 saturated heterocycles. The monoisotopic (exact) mass is 252 g/mol. The van der Waals surface area contributed by atoms with E-state index in [1.54, 1.807) is 0 Å². The molecule has 2 aromatic rings. The van der Waals surface area contributed by atoms with E-state index in [2.05, 4.69) is 9.97 Å². The molecule has 0 unspecified atom stereocenters. The third kappa shape index (κ3) is 2.52. The molecule has 16 heavy (non-hydrogen) atoms. The van der Waals surface area contributed by atoms with Crippen molar-refractivity contribution in [2.45, 2.75) is 11.8 Å². The van der Waals surface area contributed by atoms with E-state index in [4.69, 9.17) is 23.2 Å². The summed E-state index contributed by atoms with van der Waals surface area (Å²) in [6.07, 6.45) is 0. The maximum atomic E-state index is 5.74. The van der Waals surface area contributed by atoms with Gasteiger partial charge in [0.25, 0.3) is 0 Å². The smallest absolute Gasteiger partial charge is 0.0890 e. The lowest BCUT2D eigenvalue weighted by molar-refractivity contribution is 1.12. The van der Waals surface area contributed by atoms with Gasteiger partial charge in [-0.05, 0) is 24.3 Å². The first kappa shape index (κ1) is 11.4. The fourth-order valence-electron chi connectivity index (χ4n) is 1.39. The van der Waals surface area contributed by atoms with E-state index in [0.717, 1.165) is 22.8 Å². The Hall–Kier alpha value is -1.12. The number of alkyl halides is 2. The summed E-state index contributed by atoms with van der Waals surface area (Å²) in [4.78, 5) is 8.80. The number of halogens is 2. The van der Waals surface area contributed by atoms with Crippen LogP contribution in [-0.2, 0) is 11.8 Å². The van der Waals surface area contributed by atoms with Crippen LogP contribution in [0.2, 0.25) is 0 Å². The predicted molar refractivity (Wildman–Crippen MR) is 66.6 cm³/mol. The van der Waals surface area contributed by atoms with Gasteiger partial charge in [0.1, 0.15) is 0 Å². The first-order chi connectivity index (χ1) is 7.83. The van der Waals surface area contributed by atoms with Gasteiger partial charge in [0.05, 0.1) is 34.5 Å². The Labute approximate surface area is 104 Å². The van der Waals surface area contributed by atoms with Crippen molar-refractivity contribution >= 4 is 23.2 Å². The molecular weight excluding hydrogens is 243 g/mol. The van der Waals surface area contributed by atoms with E-state index < -0.39 is 0 Å². The van der Waals surface area contributed by atoms with Crippen LogP contribution in [0.25, 0.3) is 11.4 Å². The second-order valence-electron chi connectivity index (χ2n) is 3.30. The Balaban J connectivity index is 2.41. The highest BCUT2D eigenvalue weighted by Crippen LogP contribution is 2.16. The van der Waals surface area contributed by atoms with E-state index in [9.17, 15) is 0 Å². The molecule has 0 N–H and O–H groups in total. The van der Waals surface area contributed by atoms with Crippen LogP contribution in [0, 0.1) is 0 Å². The van der Waals surface area contributed by atoms with Crippen LogP contribution in [0.15, 0.2) is 36.4 Å². The van der Waals surface area contributed by atoms with Gasteiger partial charge in [0.15, 0.2) is 0 Å². The minimum Gasteiger partial charge on any atom is -0.250 e. The van der Waals surface area contributed by atoms with Gasteiger partial charge in [-0.15, -0.1) is 23.2 Å². The van der Waals surface area contributed by atoms with Gasteiger partial charge in [0, 0.05) is 0 Å². The molecule has 4 heteroatoms. The van der Waals surface area contributed by atoms with Crippen LogP contribution in [0.1, 0.15) is 11.4 Å². The van der Waals surface area contributed by atoms with Crippen molar-refractivity contribution in [2.24, 2.45) is 0 Å². The number of nitrogens with zero attached hydrogens (tertiary/aromatic N) is 2. The van der Waals surface area contributed by atoms with Crippen molar-refractivity contribution in [1.82, 2.24) is 9.97 Å². The normalized spacial score (nSPS) is 10.4. The van der Waals surface area contributed by atoms with Crippen molar-refractivity contribution in [3.63, 3.8) is 0 Å². The quantitative estimate of drug-likeness (QED) is 0.780. The summed E-state index contributed by atoms with van der Waals surface area (Å²) in [5.74, 6) is 0.812. The van der Waals surface area contributed by atoms with Crippen LogP contribution in [0.5, 0.6) is 0 Å². The maximum absolute atomic E-state index is 5.74. The zero-order valence-corrected chi connectivity index (χ0v) is 10.0. The van der Waals surface area contributed by atoms with Crippen molar-refractivity contribution in [1.29, 1.82) is 0 Å². The minimum absolute atomic E-state index is 0.406. The molecule has 0 spiro atoms. The summed E-state index contributed by atoms with van der Waals surface area (Å²) in [7, 11) is 0. The minimum atomic E-state index is 0.406. The number of aromatic nitrogens is 2. The number of hydrogen-bond acceptors (Lipinski definition) is 2. The first-order valence-electron chi connectivity index (χ1n) is 4.87. The van der Waals surface area contributed by atoms with Crippen molar-refractivity contribution < 1.29 is 0 Å². The second-order valence-corrected chi connectivity index (χ2v) is 3.83. The summed E-state index contributed by atoms with van der Waals surface area (Å²) in [6.45, 7) is 0. The molecule has 82 valence electrons. The average Bonchev–Trinajstić information content (AvgIpc) is 2.39. The molecule has 0 bridgehead atoms. The van der Waals surface area contributed by atoms with Gasteiger partial charge in [-0.1, -0.05) is 12.1 Å². The summed E-state index contributed by atoms with van der Waals surface area (Å²) < 4.78 is 0. The summed E-state index contributed by atoms with van der Waals surface area (Å²) in [5, 5.41) is 0. The van der Waals surface area contributed by atoms with E-state index >= 15 is 0 Å². The molecule has 0 aliphatic heterocycles. The predicted octanol–water partition coefficient (Wildman–Crippen LogP) is 3.62. The molecule has 2 aromatic heterocycles. The van der Waals surface area contributed by atoms with Gasteiger partial charge >= 0.3 is 0 Å². The zero-order valence-electron chi connectivity index (χ0n) is 8.53. The molecule has 0 amide bonds. The molecule has 2 heterocycles. The maximum Gasteiger partial charge on any atom is 0.0890 e. The van der Waals surface area contributed by atoms with Crippen LogP contribution >= 0.6 is 23.2 Å². The van der Waals surface area contributed by atoms with Gasteiger partial charge in [0.2, 0.25) is 0 Å². The van der Waals surface area contributed by atoms with E-state index in [1.165, 1.54) is 0 Å². The Kier molecular flexibility index (Phi) is 3.75. The molecule has 0 saturated carbocycles. The average molecular weight is 253 g/mol. The Morgan fingerprint density at radius 1 is 0.750 bits per heavy atom. The standard InChI is InChI=1S/C12H10Cl2N2/c13-7-9-3-1-5-11(15-9)12-6-2-4-10(8-14)16-12/h1-6H,7-8H2. The number of rotatable bonds is 3.